The van der Waals surface area contributed by atoms with Crippen molar-refractivity contribution in [1.29, 1.82) is 0 Å². The van der Waals surface area contributed by atoms with Gasteiger partial charge in [-0.05, 0) is 19.4 Å². The number of ether oxygens (including phenoxy) is 2. The van der Waals surface area contributed by atoms with Gasteiger partial charge in [0.2, 0.25) is 0 Å². The maximum Gasteiger partial charge on any atom is 0.142 e. The van der Waals surface area contributed by atoms with Crippen molar-refractivity contribution in [3.05, 3.63) is 0 Å². The number of unbranched alkanes of at least 4 members (excludes halogenated alkanes) is 3. The molecular formula is C11H24BNO4. The van der Waals surface area contributed by atoms with E-state index in [2.05, 4.69) is 0 Å². The molecule has 0 spiro atoms. The molecule has 100 valence electrons. The van der Waals surface area contributed by atoms with Crippen LogP contribution in [0.4, 0.5) is 0 Å². The van der Waals surface area contributed by atoms with E-state index in [1.54, 1.807) is 7.85 Å². The highest BCUT2D eigenvalue weighted by atomic mass is 16.6. The zero-order chi connectivity index (χ0) is 12.7. The average Bonchev–Trinajstić information content (AvgIpc) is 2.60. The summed E-state index contributed by atoms with van der Waals surface area (Å²) >= 11 is 0. The summed E-state index contributed by atoms with van der Waals surface area (Å²) in [6, 6.07) is -0.269. The fraction of sp³-hybridized carbons (Fsp3) is 1.00. The Morgan fingerprint density at radius 3 is 2.59 bits per heavy atom. The van der Waals surface area contributed by atoms with E-state index < -0.39 is 18.3 Å². The van der Waals surface area contributed by atoms with Crippen molar-refractivity contribution in [3.63, 3.8) is 0 Å². The van der Waals surface area contributed by atoms with Crippen molar-refractivity contribution in [3.8, 4) is 0 Å². The standard InChI is InChI=1S/C11H24BNO4/c12-11-9(15)10(8(7-14)17-11)16-6-4-2-1-3-5-13/h8-11,14-15H,1-7,12-13H2/t8-,9+,10?,11-/m1/s1. The van der Waals surface area contributed by atoms with E-state index in [1.165, 1.54) is 0 Å². The van der Waals surface area contributed by atoms with Crippen molar-refractivity contribution >= 4 is 7.85 Å². The lowest BCUT2D eigenvalue weighted by molar-refractivity contribution is -0.0541. The number of hydrogen-bond acceptors (Lipinski definition) is 5. The molecule has 4 N–H and O–H groups in total. The molecule has 1 saturated heterocycles. The van der Waals surface area contributed by atoms with Gasteiger partial charge in [-0.2, -0.15) is 0 Å². The van der Waals surface area contributed by atoms with Crippen LogP contribution in [0.5, 0.6) is 0 Å². The molecule has 1 aliphatic rings. The summed E-state index contributed by atoms with van der Waals surface area (Å²) in [5, 5.41) is 18.9. The number of nitrogens with two attached hydrogens (primary N) is 1. The molecule has 4 atom stereocenters. The van der Waals surface area contributed by atoms with Gasteiger partial charge in [0, 0.05) is 6.61 Å². The van der Waals surface area contributed by atoms with Crippen molar-refractivity contribution in [2.75, 3.05) is 19.8 Å². The van der Waals surface area contributed by atoms with Crippen LogP contribution in [0.3, 0.4) is 0 Å². The molecule has 0 aliphatic carbocycles. The summed E-state index contributed by atoms with van der Waals surface area (Å²) in [6.07, 6.45) is 2.76. The molecule has 1 aliphatic heterocycles. The fourth-order valence-corrected chi connectivity index (χ4v) is 2.09. The van der Waals surface area contributed by atoms with Gasteiger partial charge in [-0.15, -0.1) is 0 Å². The molecule has 0 aromatic rings. The van der Waals surface area contributed by atoms with E-state index in [0.29, 0.717) is 6.61 Å². The van der Waals surface area contributed by atoms with Crippen LogP contribution < -0.4 is 5.73 Å². The van der Waals surface area contributed by atoms with Gasteiger partial charge in [-0.25, -0.2) is 0 Å². The summed E-state index contributed by atoms with van der Waals surface area (Å²) in [7, 11) is 1.79. The van der Waals surface area contributed by atoms with Crippen LogP contribution in [0.15, 0.2) is 0 Å². The first kappa shape index (κ1) is 14.9. The topological polar surface area (TPSA) is 84.9 Å². The van der Waals surface area contributed by atoms with Crippen LogP contribution in [0.1, 0.15) is 25.7 Å². The maximum absolute atomic E-state index is 9.82. The predicted molar refractivity (Wildman–Crippen MR) is 67.6 cm³/mol. The minimum Gasteiger partial charge on any atom is -0.394 e. The zero-order valence-corrected chi connectivity index (χ0v) is 10.5. The van der Waals surface area contributed by atoms with Gasteiger partial charge in [-0.1, -0.05) is 12.8 Å². The molecule has 0 aromatic heterocycles. The Kier molecular flexibility index (Phi) is 7.07. The van der Waals surface area contributed by atoms with Crippen LogP contribution in [-0.2, 0) is 9.47 Å². The number of aliphatic hydroxyl groups is 2. The Labute approximate surface area is 104 Å². The summed E-state index contributed by atoms with van der Waals surface area (Å²) in [4.78, 5) is 0. The highest BCUT2D eigenvalue weighted by Crippen LogP contribution is 2.22. The fourth-order valence-electron chi connectivity index (χ4n) is 2.09. The average molecular weight is 245 g/mol. The predicted octanol–water partition coefficient (Wildman–Crippen LogP) is -1.40. The van der Waals surface area contributed by atoms with E-state index in [4.69, 9.17) is 20.3 Å². The molecule has 0 saturated carbocycles. The van der Waals surface area contributed by atoms with Crippen LogP contribution in [0, 0.1) is 0 Å². The van der Waals surface area contributed by atoms with Gasteiger partial charge < -0.3 is 25.4 Å². The van der Waals surface area contributed by atoms with Crippen molar-refractivity contribution in [2.45, 2.75) is 50.0 Å². The number of hydrogen-bond donors (Lipinski definition) is 3. The molecule has 17 heavy (non-hydrogen) atoms. The van der Waals surface area contributed by atoms with Gasteiger partial charge >= 0.3 is 0 Å². The molecule has 0 amide bonds. The van der Waals surface area contributed by atoms with Crippen LogP contribution in [-0.4, -0.2) is 62.1 Å². The van der Waals surface area contributed by atoms with Gasteiger partial charge in [0.1, 0.15) is 26.2 Å². The lowest BCUT2D eigenvalue weighted by atomic mass is 9.93. The Hall–Kier alpha value is -0.135. The third kappa shape index (κ3) is 4.56. The molecular weight excluding hydrogens is 221 g/mol. The highest BCUT2D eigenvalue weighted by Gasteiger charge is 2.41. The molecule has 6 heteroatoms. The number of rotatable bonds is 8. The summed E-state index contributed by atoms with van der Waals surface area (Å²) in [5.41, 5.74) is 5.40. The van der Waals surface area contributed by atoms with Gasteiger partial charge in [-0.3, -0.25) is 0 Å². The highest BCUT2D eigenvalue weighted by molar-refractivity contribution is 6.11. The first-order valence-electron chi connectivity index (χ1n) is 6.46. The summed E-state index contributed by atoms with van der Waals surface area (Å²) in [5.74, 6) is 0. The van der Waals surface area contributed by atoms with E-state index in [1.807, 2.05) is 0 Å². The minimum absolute atomic E-state index is 0.112. The lowest BCUT2D eigenvalue weighted by Crippen LogP contribution is -2.37. The molecule has 1 fully saturated rings. The molecule has 1 unspecified atom stereocenters. The Bertz CT molecular complexity index is 208. The summed E-state index contributed by atoms with van der Waals surface area (Å²) in [6.45, 7) is 1.22. The van der Waals surface area contributed by atoms with Crippen molar-refractivity contribution < 1.29 is 19.7 Å². The van der Waals surface area contributed by atoms with E-state index in [0.717, 1.165) is 32.2 Å². The summed E-state index contributed by atoms with van der Waals surface area (Å²) < 4.78 is 11.0. The quantitative estimate of drug-likeness (QED) is 0.362. The van der Waals surface area contributed by atoms with Crippen LogP contribution in [0.2, 0.25) is 0 Å². The second-order valence-electron chi connectivity index (χ2n) is 4.59. The van der Waals surface area contributed by atoms with Gasteiger partial charge in [0.25, 0.3) is 0 Å². The third-order valence-electron chi connectivity index (χ3n) is 3.16. The normalized spacial score (nSPS) is 33.1. The van der Waals surface area contributed by atoms with Crippen molar-refractivity contribution in [2.24, 2.45) is 5.73 Å². The molecule has 1 rings (SSSR count). The van der Waals surface area contributed by atoms with E-state index in [-0.39, 0.29) is 12.6 Å². The first-order chi connectivity index (χ1) is 8.20. The molecule has 5 nitrogen and oxygen atoms in total. The molecule has 1 heterocycles. The van der Waals surface area contributed by atoms with Crippen LogP contribution in [0.25, 0.3) is 0 Å². The van der Waals surface area contributed by atoms with E-state index >= 15 is 0 Å². The zero-order valence-electron chi connectivity index (χ0n) is 10.5. The Morgan fingerprint density at radius 1 is 1.24 bits per heavy atom. The Morgan fingerprint density at radius 2 is 1.94 bits per heavy atom. The van der Waals surface area contributed by atoms with E-state index in [9.17, 15) is 5.11 Å². The maximum atomic E-state index is 9.82. The SMILES string of the molecule is B[C@@H]1O[C@H](CO)C(OCCCCCCN)[C@@H]1O. The smallest absolute Gasteiger partial charge is 0.142 e. The molecule has 0 bridgehead atoms. The largest absolute Gasteiger partial charge is 0.394 e. The third-order valence-corrected chi connectivity index (χ3v) is 3.16. The monoisotopic (exact) mass is 245 g/mol. The first-order valence-corrected chi connectivity index (χ1v) is 6.46. The molecule has 0 aromatic carbocycles. The number of aliphatic hydroxyl groups excluding tert-OH is 2. The van der Waals surface area contributed by atoms with Crippen molar-refractivity contribution in [1.82, 2.24) is 0 Å². The lowest BCUT2D eigenvalue weighted by Gasteiger charge is -2.19. The van der Waals surface area contributed by atoms with Crippen LogP contribution >= 0.6 is 0 Å². The minimum atomic E-state index is -0.642. The second kappa shape index (κ2) is 8.05. The van der Waals surface area contributed by atoms with Gasteiger partial charge in [0.15, 0.2) is 0 Å². The Balaban J connectivity index is 2.16. The van der Waals surface area contributed by atoms with Gasteiger partial charge in [0.05, 0.1) is 12.6 Å². The second-order valence-corrected chi connectivity index (χ2v) is 4.59. The molecule has 0 radical (unpaired) electrons.